The van der Waals surface area contributed by atoms with Gasteiger partial charge in [0, 0.05) is 19.0 Å². The number of para-hydroxylation sites is 1. The van der Waals surface area contributed by atoms with Crippen LogP contribution >= 0.6 is 11.3 Å². The summed E-state index contributed by atoms with van der Waals surface area (Å²) in [4.78, 5) is 40.6. The first kappa shape index (κ1) is 18.9. The maximum Gasteiger partial charge on any atom is 0.306 e. The molecule has 1 N–H and O–H groups in total. The number of nitrogens with one attached hydrogen (secondary N) is 1. The van der Waals surface area contributed by atoms with Crippen LogP contribution in [0.2, 0.25) is 0 Å². The molecule has 2 heterocycles. The second-order valence-electron chi connectivity index (χ2n) is 6.59. The van der Waals surface area contributed by atoms with E-state index in [1.807, 2.05) is 24.3 Å². The van der Waals surface area contributed by atoms with E-state index in [0.717, 1.165) is 27.4 Å². The highest BCUT2D eigenvalue weighted by Crippen LogP contribution is 2.30. The Labute approximate surface area is 168 Å². The first-order chi connectivity index (χ1) is 13.9. The number of amides is 2. The number of nitro benzene ring substituents is 1. The monoisotopic (exact) mass is 414 g/mol. The zero-order chi connectivity index (χ0) is 20.5. The molecule has 1 aromatic heterocycles. The lowest BCUT2D eigenvalue weighted by atomic mass is 10.1. The molecule has 2 amide bonds. The van der Waals surface area contributed by atoms with Gasteiger partial charge in [-0.05, 0) is 24.3 Å². The number of fused-ring (bicyclic) bond motifs is 1. The van der Waals surface area contributed by atoms with E-state index >= 15 is 0 Å². The summed E-state index contributed by atoms with van der Waals surface area (Å²) in [6, 6.07) is 10.9. The van der Waals surface area contributed by atoms with E-state index in [1.165, 1.54) is 22.3 Å². The third-order valence-electron chi connectivity index (χ3n) is 4.69. The Hall–Kier alpha value is -3.40. The van der Waals surface area contributed by atoms with Crippen molar-refractivity contribution >= 4 is 44.7 Å². The van der Waals surface area contributed by atoms with Crippen LogP contribution in [0.5, 0.6) is 0 Å². The van der Waals surface area contributed by atoms with Crippen molar-refractivity contribution in [3.05, 3.63) is 63.4 Å². The van der Waals surface area contributed by atoms with Crippen LogP contribution in [-0.2, 0) is 16.1 Å². The molecule has 1 unspecified atom stereocenters. The average molecular weight is 414 g/mol. The zero-order valence-corrected chi connectivity index (χ0v) is 15.8. The lowest BCUT2D eigenvalue weighted by Gasteiger charge is -2.16. The standard InChI is InChI=1S/C19H15FN4O4S/c20-13-6-5-12(8-15(13)24(27)28)23-10-11(7-18(23)25)19(26)21-9-17-22-14-3-1-2-4-16(14)29-17/h1-6,8,11H,7,9-10H2,(H,21,26). The van der Waals surface area contributed by atoms with Crippen LogP contribution in [0.3, 0.4) is 0 Å². The number of nitro groups is 1. The van der Waals surface area contributed by atoms with E-state index in [-0.39, 0.29) is 37.0 Å². The van der Waals surface area contributed by atoms with Crippen LogP contribution in [0.4, 0.5) is 15.8 Å². The van der Waals surface area contributed by atoms with E-state index in [0.29, 0.717) is 0 Å². The number of halogens is 1. The minimum atomic E-state index is -0.976. The molecular weight excluding hydrogens is 399 g/mol. The quantitative estimate of drug-likeness (QED) is 0.510. The number of aromatic nitrogens is 1. The van der Waals surface area contributed by atoms with Gasteiger partial charge in [0.25, 0.3) is 0 Å². The normalized spacial score (nSPS) is 16.4. The van der Waals surface area contributed by atoms with Crippen LogP contribution in [0, 0.1) is 21.8 Å². The molecule has 2 aromatic carbocycles. The Morgan fingerprint density at radius 1 is 1.34 bits per heavy atom. The van der Waals surface area contributed by atoms with Gasteiger partial charge in [0.1, 0.15) is 5.01 Å². The molecule has 0 radical (unpaired) electrons. The van der Waals surface area contributed by atoms with Crippen molar-refractivity contribution in [1.82, 2.24) is 10.3 Å². The highest BCUT2D eigenvalue weighted by atomic mass is 32.1. The van der Waals surface area contributed by atoms with E-state index in [1.54, 1.807) is 0 Å². The van der Waals surface area contributed by atoms with E-state index in [9.17, 15) is 24.1 Å². The van der Waals surface area contributed by atoms with Crippen molar-refractivity contribution in [2.45, 2.75) is 13.0 Å². The smallest absolute Gasteiger partial charge is 0.306 e. The van der Waals surface area contributed by atoms with Crippen molar-refractivity contribution in [3.63, 3.8) is 0 Å². The molecule has 4 rings (SSSR count). The lowest BCUT2D eigenvalue weighted by molar-refractivity contribution is -0.387. The molecule has 0 saturated carbocycles. The molecule has 0 aliphatic carbocycles. The number of anilines is 1. The van der Waals surface area contributed by atoms with Crippen molar-refractivity contribution in [1.29, 1.82) is 0 Å². The number of carbonyl (C=O) groups excluding carboxylic acids is 2. The molecule has 148 valence electrons. The maximum atomic E-state index is 13.5. The molecule has 1 aliphatic heterocycles. The van der Waals surface area contributed by atoms with Crippen LogP contribution in [0.15, 0.2) is 42.5 Å². The Morgan fingerprint density at radius 2 is 2.14 bits per heavy atom. The fourth-order valence-electron chi connectivity index (χ4n) is 3.24. The Balaban J connectivity index is 1.42. The predicted octanol–water partition coefficient (Wildman–Crippen LogP) is 3.01. The van der Waals surface area contributed by atoms with E-state index in [4.69, 9.17) is 0 Å². The van der Waals surface area contributed by atoms with Crippen LogP contribution in [0.25, 0.3) is 10.2 Å². The number of rotatable bonds is 5. The van der Waals surface area contributed by atoms with Gasteiger partial charge < -0.3 is 10.2 Å². The molecule has 0 spiro atoms. The molecule has 0 bridgehead atoms. The second-order valence-corrected chi connectivity index (χ2v) is 7.71. The predicted molar refractivity (Wildman–Crippen MR) is 105 cm³/mol. The Bertz CT molecular complexity index is 1100. The first-order valence-corrected chi connectivity index (χ1v) is 9.60. The van der Waals surface area contributed by atoms with Gasteiger partial charge in [0.2, 0.25) is 17.6 Å². The minimum absolute atomic E-state index is 0.0170. The first-order valence-electron chi connectivity index (χ1n) is 8.79. The molecule has 10 heteroatoms. The molecule has 3 aromatic rings. The van der Waals surface area contributed by atoms with Crippen molar-refractivity contribution in [2.75, 3.05) is 11.4 Å². The van der Waals surface area contributed by atoms with E-state index in [2.05, 4.69) is 10.3 Å². The van der Waals surface area contributed by atoms with Crippen molar-refractivity contribution in [2.24, 2.45) is 5.92 Å². The number of benzene rings is 2. The topological polar surface area (TPSA) is 105 Å². The number of thiazole rings is 1. The van der Waals surface area contributed by atoms with Gasteiger partial charge in [-0.15, -0.1) is 11.3 Å². The van der Waals surface area contributed by atoms with Crippen LogP contribution < -0.4 is 10.2 Å². The fraction of sp³-hybridized carbons (Fsp3) is 0.211. The molecule has 1 aliphatic rings. The summed E-state index contributed by atoms with van der Waals surface area (Å²) in [5, 5.41) is 14.5. The Kier molecular flexibility index (Phi) is 4.93. The summed E-state index contributed by atoms with van der Waals surface area (Å²) in [7, 11) is 0. The highest BCUT2D eigenvalue weighted by molar-refractivity contribution is 7.18. The summed E-state index contributed by atoms with van der Waals surface area (Å²) in [6.45, 7) is 0.332. The summed E-state index contributed by atoms with van der Waals surface area (Å²) in [5.41, 5.74) is 0.352. The van der Waals surface area contributed by atoms with Gasteiger partial charge >= 0.3 is 5.69 Å². The average Bonchev–Trinajstić information content (AvgIpc) is 3.29. The lowest BCUT2D eigenvalue weighted by Crippen LogP contribution is -2.32. The van der Waals surface area contributed by atoms with Crippen molar-refractivity contribution < 1.29 is 18.9 Å². The van der Waals surface area contributed by atoms with Gasteiger partial charge in [-0.3, -0.25) is 19.7 Å². The van der Waals surface area contributed by atoms with Gasteiger partial charge in [-0.2, -0.15) is 4.39 Å². The Morgan fingerprint density at radius 3 is 2.90 bits per heavy atom. The second kappa shape index (κ2) is 7.55. The van der Waals surface area contributed by atoms with Gasteiger partial charge in [0.05, 0.1) is 33.3 Å². The SMILES string of the molecule is O=C(NCc1nc2ccccc2s1)C1CC(=O)N(c2ccc(F)c([N+](=O)[O-])c2)C1. The molecule has 29 heavy (non-hydrogen) atoms. The maximum absolute atomic E-state index is 13.5. The fourth-order valence-corrected chi connectivity index (χ4v) is 4.15. The van der Waals surface area contributed by atoms with Gasteiger partial charge in [-0.25, -0.2) is 4.98 Å². The number of hydrogen-bond donors (Lipinski definition) is 1. The molecular formula is C19H15FN4O4S. The number of nitrogens with zero attached hydrogens (tertiary/aromatic N) is 3. The van der Waals surface area contributed by atoms with Gasteiger partial charge in [-0.1, -0.05) is 12.1 Å². The zero-order valence-electron chi connectivity index (χ0n) is 15.0. The summed E-state index contributed by atoms with van der Waals surface area (Å²) in [5.74, 6) is -2.21. The van der Waals surface area contributed by atoms with Crippen LogP contribution in [-0.4, -0.2) is 28.3 Å². The van der Waals surface area contributed by atoms with E-state index < -0.39 is 22.3 Å². The van der Waals surface area contributed by atoms with Crippen molar-refractivity contribution in [3.8, 4) is 0 Å². The molecule has 1 atom stereocenters. The van der Waals surface area contributed by atoms with Gasteiger partial charge in [0.15, 0.2) is 0 Å². The molecule has 1 saturated heterocycles. The highest BCUT2D eigenvalue weighted by Gasteiger charge is 2.36. The summed E-state index contributed by atoms with van der Waals surface area (Å²) >= 11 is 1.48. The molecule has 8 nitrogen and oxygen atoms in total. The number of carbonyl (C=O) groups is 2. The summed E-state index contributed by atoms with van der Waals surface area (Å²) in [6.07, 6.45) is -0.0170. The molecule has 1 fully saturated rings. The summed E-state index contributed by atoms with van der Waals surface area (Å²) < 4.78 is 14.6. The van der Waals surface area contributed by atoms with Crippen LogP contribution in [0.1, 0.15) is 11.4 Å². The third kappa shape index (κ3) is 3.79. The largest absolute Gasteiger partial charge is 0.349 e. The number of hydrogen-bond acceptors (Lipinski definition) is 6. The minimum Gasteiger partial charge on any atom is -0.349 e. The third-order valence-corrected chi connectivity index (χ3v) is 5.72.